The van der Waals surface area contributed by atoms with E-state index in [1.165, 1.54) is 0 Å². The molecular weight excluding hydrogens is 294 g/mol. The fourth-order valence-corrected chi connectivity index (χ4v) is 3.71. The summed E-state index contributed by atoms with van der Waals surface area (Å²) in [4.78, 5) is 2.89. The van der Waals surface area contributed by atoms with Crippen molar-refractivity contribution in [2.24, 2.45) is 0 Å². The summed E-state index contributed by atoms with van der Waals surface area (Å²) in [6, 6.07) is 17.3. The predicted octanol–water partition coefficient (Wildman–Crippen LogP) is 3.15. The van der Waals surface area contributed by atoms with Crippen molar-refractivity contribution in [2.45, 2.75) is 24.0 Å². The molecule has 0 heterocycles. The smallest absolute Gasteiger partial charge is 0.0908 e. The van der Waals surface area contributed by atoms with E-state index >= 15 is 0 Å². The zero-order valence-corrected chi connectivity index (χ0v) is 14.1. The maximum Gasteiger partial charge on any atom is 0.0908 e. The second kappa shape index (κ2) is 7.68. The molecule has 118 valence electrons. The molecule has 2 aromatic carbocycles. The van der Waals surface area contributed by atoms with Crippen LogP contribution in [0.2, 0.25) is 0 Å². The molecule has 0 aromatic heterocycles. The molecule has 22 heavy (non-hydrogen) atoms. The highest BCUT2D eigenvalue weighted by Crippen LogP contribution is 2.26. The van der Waals surface area contributed by atoms with E-state index in [1.807, 2.05) is 68.7 Å². The molecule has 0 spiro atoms. The van der Waals surface area contributed by atoms with Gasteiger partial charge < -0.3 is 10.0 Å². The van der Waals surface area contributed by atoms with Gasteiger partial charge in [-0.05, 0) is 38.2 Å². The Kier molecular flexibility index (Phi) is 5.89. The van der Waals surface area contributed by atoms with Crippen molar-refractivity contribution in [3.63, 3.8) is 0 Å². The third-order valence-corrected chi connectivity index (χ3v) is 5.36. The molecule has 0 aliphatic heterocycles. The van der Waals surface area contributed by atoms with Crippen molar-refractivity contribution in [3.8, 4) is 0 Å². The molecule has 0 bridgehead atoms. The van der Waals surface area contributed by atoms with Gasteiger partial charge in [0.15, 0.2) is 0 Å². The van der Waals surface area contributed by atoms with Gasteiger partial charge in [-0.2, -0.15) is 0 Å². The van der Waals surface area contributed by atoms with Crippen molar-refractivity contribution in [3.05, 3.63) is 65.7 Å². The summed E-state index contributed by atoms with van der Waals surface area (Å²) in [5, 5.41) is 10.3. The van der Waals surface area contributed by atoms with Gasteiger partial charge in [0.05, 0.1) is 22.7 Å². The number of benzene rings is 2. The second-order valence-electron chi connectivity index (χ2n) is 5.62. The zero-order valence-electron chi connectivity index (χ0n) is 13.3. The number of aliphatic hydroxyl groups excluding tert-OH is 1. The number of hydrogen-bond donors (Lipinski definition) is 1. The van der Waals surface area contributed by atoms with Crippen LogP contribution < -0.4 is 0 Å². The molecule has 0 saturated carbocycles. The van der Waals surface area contributed by atoms with E-state index in [0.717, 1.165) is 16.0 Å². The minimum absolute atomic E-state index is 0.175. The summed E-state index contributed by atoms with van der Waals surface area (Å²) in [5.74, 6) is 0.209. The first kappa shape index (κ1) is 16.9. The minimum Gasteiger partial charge on any atom is -0.387 e. The van der Waals surface area contributed by atoms with E-state index in [1.54, 1.807) is 0 Å². The Morgan fingerprint density at radius 1 is 1.05 bits per heavy atom. The normalized spacial score (nSPS) is 15.5. The van der Waals surface area contributed by atoms with Crippen LogP contribution in [0, 0.1) is 0 Å². The van der Waals surface area contributed by atoms with Crippen molar-refractivity contribution >= 4 is 10.8 Å². The molecule has 0 aliphatic rings. The Labute approximate surface area is 135 Å². The van der Waals surface area contributed by atoms with Gasteiger partial charge >= 0.3 is 0 Å². The number of hydrogen-bond acceptors (Lipinski definition) is 3. The van der Waals surface area contributed by atoms with Crippen LogP contribution in [0.15, 0.2) is 59.5 Å². The molecule has 0 fully saturated rings. The first-order valence-electron chi connectivity index (χ1n) is 7.37. The van der Waals surface area contributed by atoms with Crippen LogP contribution in [0.5, 0.6) is 0 Å². The van der Waals surface area contributed by atoms with Crippen LogP contribution in [0.1, 0.15) is 30.2 Å². The van der Waals surface area contributed by atoms with Crippen LogP contribution in [0.4, 0.5) is 0 Å². The van der Waals surface area contributed by atoms with E-state index in [-0.39, 0.29) is 11.8 Å². The average Bonchev–Trinajstić information content (AvgIpc) is 2.54. The molecule has 2 rings (SSSR count). The number of nitrogens with zero attached hydrogens (tertiary/aromatic N) is 1. The SMILES string of the molecule is C[C@H](c1ccccc1S(=O)C[C@@H](O)c1ccccc1)N(C)C. The third-order valence-electron chi connectivity index (χ3n) is 3.88. The molecule has 0 aliphatic carbocycles. The molecule has 1 N–H and O–H groups in total. The van der Waals surface area contributed by atoms with Gasteiger partial charge in [0, 0.05) is 10.9 Å². The fraction of sp³-hybridized carbons (Fsp3) is 0.333. The highest BCUT2D eigenvalue weighted by Gasteiger charge is 2.19. The topological polar surface area (TPSA) is 40.5 Å². The Hall–Kier alpha value is -1.49. The number of rotatable bonds is 6. The lowest BCUT2D eigenvalue weighted by Gasteiger charge is -2.23. The van der Waals surface area contributed by atoms with Gasteiger partial charge in [-0.25, -0.2) is 0 Å². The summed E-state index contributed by atoms with van der Waals surface area (Å²) < 4.78 is 12.7. The minimum atomic E-state index is -1.24. The highest BCUT2D eigenvalue weighted by molar-refractivity contribution is 7.85. The second-order valence-corrected chi connectivity index (χ2v) is 7.08. The Morgan fingerprint density at radius 2 is 1.64 bits per heavy atom. The maximum atomic E-state index is 12.7. The fourth-order valence-electron chi connectivity index (χ4n) is 2.32. The van der Waals surface area contributed by atoms with Crippen molar-refractivity contribution in [1.29, 1.82) is 0 Å². The van der Waals surface area contributed by atoms with Gasteiger partial charge in [-0.3, -0.25) is 4.21 Å². The third kappa shape index (κ3) is 4.03. The van der Waals surface area contributed by atoms with Crippen LogP contribution in [0.3, 0.4) is 0 Å². The zero-order chi connectivity index (χ0) is 16.1. The summed E-state index contributed by atoms with van der Waals surface area (Å²) in [5.41, 5.74) is 1.85. The van der Waals surface area contributed by atoms with Crippen LogP contribution >= 0.6 is 0 Å². The van der Waals surface area contributed by atoms with E-state index in [4.69, 9.17) is 0 Å². The molecular formula is C18H23NO2S. The van der Waals surface area contributed by atoms with Gasteiger partial charge in [-0.1, -0.05) is 48.5 Å². The van der Waals surface area contributed by atoms with Crippen molar-refractivity contribution < 1.29 is 9.32 Å². The molecule has 3 nitrogen and oxygen atoms in total. The Balaban J connectivity index is 2.20. The van der Waals surface area contributed by atoms with Gasteiger partial charge in [0.2, 0.25) is 0 Å². The monoisotopic (exact) mass is 317 g/mol. The summed E-state index contributed by atoms with van der Waals surface area (Å²) >= 11 is 0. The quantitative estimate of drug-likeness (QED) is 0.890. The largest absolute Gasteiger partial charge is 0.387 e. The van der Waals surface area contributed by atoms with E-state index in [9.17, 15) is 9.32 Å². The summed E-state index contributed by atoms with van der Waals surface area (Å²) in [7, 11) is 2.77. The lowest BCUT2D eigenvalue weighted by molar-refractivity contribution is 0.203. The summed E-state index contributed by atoms with van der Waals surface area (Å²) in [6.07, 6.45) is -0.718. The van der Waals surface area contributed by atoms with E-state index < -0.39 is 16.9 Å². The Morgan fingerprint density at radius 3 is 2.27 bits per heavy atom. The maximum absolute atomic E-state index is 12.7. The van der Waals surface area contributed by atoms with E-state index in [0.29, 0.717) is 0 Å². The predicted molar refractivity (Wildman–Crippen MR) is 91.2 cm³/mol. The van der Waals surface area contributed by atoms with E-state index in [2.05, 4.69) is 11.8 Å². The molecule has 0 radical (unpaired) electrons. The van der Waals surface area contributed by atoms with Crippen molar-refractivity contribution in [2.75, 3.05) is 19.8 Å². The number of aliphatic hydroxyl groups is 1. The molecule has 2 aromatic rings. The molecule has 4 heteroatoms. The standard InChI is InChI=1S/C18H23NO2S/c1-14(19(2)3)16-11-7-8-12-18(16)22(21)13-17(20)15-9-5-4-6-10-15/h4-12,14,17,20H,13H2,1-3H3/t14-,17-,22?/m1/s1. The first-order valence-corrected chi connectivity index (χ1v) is 8.69. The van der Waals surface area contributed by atoms with Crippen LogP contribution in [-0.4, -0.2) is 34.1 Å². The Bertz CT molecular complexity index is 628. The van der Waals surface area contributed by atoms with Crippen LogP contribution in [0.25, 0.3) is 0 Å². The molecule has 3 atom stereocenters. The lowest BCUT2D eigenvalue weighted by Crippen LogP contribution is -2.19. The molecule has 1 unspecified atom stereocenters. The summed E-state index contributed by atoms with van der Waals surface area (Å²) in [6.45, 7) is 2.09. The van der Waals surface area contributed by atoms with Crippen LogP contribution in [-0.2, 0) is 10.8 Å². The first-order chi connectivity index (χ1) is 10.5. The van der Waals surface area contributed by atoms with Crippen molar-refractivity contribution in [1.82, 2.24) is 4.90 Å². The van der Waals surface area contributed by atoms with Gasteiger partial charge in [-0.15, -0.1) is 0 Å². The van der Waals surface area contributed by atoms with Gasteiger partial charge in [0.25, 0.3) is 0 Å². The average molecular weight is 317 g/mol. The highest BCUT2D eigenvalue weighted by atomic mass is 32.2. The molecule has 0 saturated heterocycles. The van der Waals surface area contributed by atoms with Gasteiger partial charge in [0.1, 0.15) is 0 Å². The lowest BCUT2D eigenvalue weighted by atomic mass is 10.1. The molecule has 0 amide bonds.